The Bertz CT molecular complexity index is 703. The molecule has 0 radical (unpaired) electrons. The van der Waals surface area contributed by atoms with E-state index in [2.05, 4.69) is 29.5 Å². The van der Waals surface area contributed by atoms with Crippen LogP contribution in [0.4, 0.5) is 0 Å². The van der Waals surface area contributed by atoms with Gasteiger partial charge in [0.15, 0.2) is 5.78 Å². The maximum Gasteiger partial charge on any atom is 0.305 e. The van der Waals surface area contributed by atoms with Gasteiger partial charge in [-0.25, -0.2) is 0 Å². The highest BCUT2D eigenvalue weighted by molar-refractivity contribution is 14.1. The van der Waals surface area contributed by atoms with Crippen molar-refractivity contribution in [3.63, 3.8) is 0 Å². The average molecular weight is 516 g/mol. The Morgan fingerprint density at radius 1 is 1.24 bits per heavy atom. The Balaban J connectivity index is 2.15. The number of rotatable bonds is 12. The first-order valence-corrected chi connectivity index (χ1v) is 12.2. The molecule has 162 valence electrons. The summed E-state index contributed by atoms with van der Waals surface area (Å²) in [5.41, 5.74) is 1.17. The zero-order chi connectivity index (χ0) is 21.3. The Kier molecular flexibility index (Phi) is 9.72. The molecule has 2 rings (SSSR count). The minimum atomic E-state index is -0.457. The van der Waals surface area contributed by atoms with Crippen LogP contribution in [0, 0.1) is 0 Å². The Morgan fingerprint density at radius 2 is 2.03 bits per heavy atom. The smallest absolute Gasteiger partial charge is 0.305 e. The van der Waals surface area contributed by atoms with Crippen molar-refractivity contribution in [3.05, 3.63) is 23.3 Å². The fraction of sp³-hybridized carbons (Fsp3) is 0.652. The Morgan fingerprint density at radius 3 is 2.72 bits per heavy atom. The number of alkyl halides is 1. The number of fused-ring (bicyclic) bond motifs is 1. The molecule has 0 spiro atoms. The monoisotopic (exact) mass is 516 g/mol. The van der Waals surface area contributed by atoms with Crippen LogP contribution in [0.25, 0.3) is 0 Å². The highest BCUT2D eigenvalue weighted by atomic mass is 127. The molecule has 1 aliphatic heterocycles. The van der Waals surface area contributed by atoms with Gasteiger partial charge in [0.1, 0.15) is 17.1 Å². The lowest BCUT2D eigenvalue weighted by Gasteiger charge is -2.36. The molecule has 0 amide bonds. The van der Waals surface area contributed by atoms with E-state index in [0.717, 1.165) is 47.8 Å². The first-order chi connectivity index (χ1) is 13.9. The number of ketones is 1. The van der Waals surface area contributed by atoms with E-state index in [-0.39, 0.29) is 11.8 Å². The molecule has 0 saturated carbocycles. The van der Waals surface area contributed by atoms with Crippen LogP contribution in [-0.2, 0) is 16.0 Å². The molecule has 29 heavy (non-hydrogen) atoms. The summed E-state index contributed by atoms with van der Waals surface area (Å²) in [4.78, 5) is 24.3. The molecule has 1 heterocycles. The van der Waals surface area contributed by atoms with Crippen LogP contribution in [0.15, 0.2) is 12.1 Å². The Hall–Kier alpha value is -1.31. The SMILES string of the molecule is CCCc1c(OCCCC(=O)OCC)ccc2c1OC(C)(CCCCI)CC2=O. The van der Waals surface area contributed by atoms with Gasteiger partial charge in [0.2, 0.25) is 0 Å². The second kappa shape index (κ2) is 11.8. The molecule has 0 fully saturated rings. The van der Waals surface area contributed by atoms with Crippen LogP contribution in [0.2, 0.25) is 0 Å². The number of hydrogen-bond donors (Lipinski definition) is 0. The molecule has 0 saturated heterocycles. The number of Topliss-reactive ketones (excluding diaryl/α,β-unsaturated/α-hetero) is 1. The molecule has 1 atom stereocenters. The summed E-state index contributed by atoms with van der Waals surface area (Å²) in [6.07, 6.45) is 6.12. The second-order valence-electron chi connectivity index (χ2n) is 7.72. The summed E-state index contributed by atoms with van der Waals surface area (Å²) < 4.78 is 18.5. The van der Waals surface area contributed by atoms with Crippen molar-refractivity contribution in [1.82, 2.24) is 0 Å². The molecule has 1 aliphatic rings. The number of esters is 1. The van der Waals surface area contributed by atoms with E-state index in [1.165, 1.54) is 0 Å². The summed E-state index contributed by atoms with van der Waals surface area (Å²) in [6, 6.07) is 3.69. The van der Waals surface area contributed by atoms with E-state index >= 15 is 0 Å². The van der Waals surface area contributed by atoms with Crippen LogP contribution in [-0.4, -0.2) is 35.0 Å². The molecule has 0 aromatic heterocycles. The van der Waals surface area contributed by atoms with Crippen molar-refractivity contribution in [2.45, 2.75) is 77.7 Å². The molecular formula is C23H33IO5. The normalized spacial score (nSPS) is 18.1. The summed E-state index contributed by atoms with van der Waals surface area (Å²) in [5.74, 6) is 1.39. The maximum absolute atomic E-state index is 12.8. The maximum atomic E-state index is 12.8. The van der Waals surface area contributed by atoms with Crippen molar-refractivity contribution >= 4 is 34.3 Å². The topological polar surface area (TPSA) is 61.8 Å². The van der Waals surface area contributed by atoms with Gasteiger partial charge in [0, 0.05) is 12.0 Å². The molecule has 1 aromatic rings. The number of carbonyl (C=O) groups is 2. The van der Waals surface area contributed by atoms with Crippen LogP contribution < -0.4 is 9.47 Å². The van der Waals surface area contributed by atoms with E-state index in [1.54, 1.807) is 6.92 Å². The van der Waals surface area contributed by atoms with Gasteiger partial charge in [0.05, 0.1) is 25.2 Å². The van der Waals surface area contributed by atoms with E-state index in [4.69, 9.17) is 14.2 Å². The summed E-state index contributed by atoms with van der Waals surface area (Å²) >= 11 is 2.38. The summed E-state index contributed by atoms with van der Waals surface area (Å²) in [7, 11) is 0. The molecular weight excluding hydrogens is 483 g/mol. The number of carbonyl (C=O) groups excluding carboxylic acids is 2. The molecule has 5 nitrogen and oxygen atoms in total. The largest absolute Gasteiger partial charge is 0.493 e. The number of hydrogen-bond acceptors (Lipinski definition) is 5. The van der Waals surface area contributed by atoms with E-state index in [9.17, 15) is 9.59 Å². The fourth-order valence-corrected chi connectivity index (χ4v) is 4.19. The highest BCUT2D eigenvalue weighted by Crippen LogP contribution is 2.42. The van der Waals surface area contributed by atoms with Gasteiger partial charge in [-0.05, 0) is 62.5 Å². The summed E-state index contributed by atoms with van der Waals surface area (Å²) in [5, 5.41) is 0. The van der Waals surface area contributed by atoms with E-state index < -0.39 is 5.60 Å². The number of benzene rings is 1. The van der Waals surface area contributed by atoms with Crippen LogP contribution in [0.1, 0.15) is 81.6 Å². The summed E-state index contributed by atoms with van der Waals surface area (Å²) in [6.45, 7) is 6.77. The van der Waals surface area contributed by atoms with Crippen LogP contribution in [0.5, 0.6) is 11.5 Å². The third kappa shape index (κ3) is 6.86. The average Bonchev–Trinajstić information content (AvgIpc) is 2.67. The molecule has 1 aromatic carbocycles. The lowest BCUT2D eigenvalue weighted by molar-refractivity contribution is -0.143. The minimum absolute atomic E-state index is 0.148. The number of unbranched alkanes of at least 4 members (excludes halogenated alkanes) is 1. The van der Waals surface area contributed by atoms with Gasteiger partial charge in [-0.15, -0.1) is 0 Å². The third-order valence-electron chi connectivity index (χ3n) is 5.08. The van der Waals surface area contributed by atoms with Gasteiger partial charge in [-0.3, -0.25) is 9.59 Å². The lowest BCUT2D eigenvalue weighted by atomic mass is 9.86. The molecule has 0 bridgehead atoms. The number of ether oxygens (including phenoxy) is 3. The standard InChI is InChI=1S/C23H33IO5/c1-4-9-18-20(28-15-8-10-21(26)27-5-2)12-11-17-19(25)16-23(3,29-22(17)18)13-6-7-14-24/h11-12H,4-10,13-16H2,1-3H3. The quantitative estimate of drug-likeness (QED) is 0.155. The van der Waals surface area contributed by atoms with Crippen LogP contribution in [0.3, 0.4) is 0 Å². The fourth-order valence-electron chi connectivity index (χ4n) is 3.65. The molecule has 0 aliphatic carbocycles. The lowest BCUT2D eigenvalue weighted by Crippen LogP contribution is -2.39. The third-order valence-corrected chi connectivity index (χ3v) is 5.84. The first-order valence-electron chi connectivity index (χ1n) is 10.7. The second-order valence-corrected chi connectivity index (χ2v) is 8.80. The highest BCUT2D eigenvalue weighted by Gasteiger charge is 2.37. The first kappa shape index (κ1) is 24.0. The van der Waals surface area contributed by atoms with E-state index in [0.29, 0.717) is 43.8 Å². The van der Waals surface area contributed by atoms with Crippen molar-refractivity contribution in [2.75, 3.05) is 17.6 Å². The van der Waals surface area contributed by atoms with Crippen molar-refractivity contribution in [1.29, 1.82) is 0 Å². The molecule has 0 N–H and O–H groups in total. The van der Waals surface area contributed by atoms with Gasteiger partial charge >= 0.3 is 5.97 Å². The minimum Gasteiger partial charge on any atom is -0.493 e. The predicted molar refractivity (Wildman–Crippen MR) is 123 cm³/mol. The molecule has 1 unspecified atom stereocenters. The van der Waals surface area contributed by atoms with E-state index in [1.807, 2.05) is 19.1 Å². The Labute approximate surface area is 188 Å². The van der Waals surface area contributed by atoms with Crippen molar-refractivity contribution in [2.24, 2.45) is 0 Å². The number of halogens is 1. The molecule has 6 heteroatoms. The van der Waals surface area contributed by atoms with Gasteiger partial charge in [-0.1, -0.05) is 35.9 Å². The van der Waals surface area contributed by atoms with Crippen LogP contribution >= 0.6 is 22.6 Å². The van der Waals surface area contributed by atoms with Gasteiger partial charge in [-0.2, -0.15) is 0 Å². The van der Waals surface area contributed by atoms with Gasteiger partial charge < -0.3 is 14.2 Å². The van der Waals surface area contributed by atoms with Crippen molar-refractivity contribution < 1.29 is 23.8 Å². The van der Waals surface area contributed by atoms with Crippen molar-refractivity contribution in [3.8, 4) is 11.5 Å². The van der Waals surface area contributed by atoms with Gasteiger partial charge in [0.25, 0.3) is 0 Å². The predicted octanol–water partition coefficient (Wildman–Crippen LogP) is 5.69. The zero-order valence-corrected chi connectivity index (χ0v) is 20.0. The zero-order valence-electron chi connectivity index (χ0n) is 17.9.